The van der Waals surface area contributed by atoms with Crippen molar-refractivity contribution in [2.45, 2.75) is 51.6 Å². The lowest BCUT2D eigenvalue weighted by Gasteiger charge is -2.48. The Labute approximate surface area is 173 Å². The number of morpholine rings is 1. The van der Waals surface area contributed by atoms with E-state index in [0.717, 1.165) is 57.8 Å². The maximum atomic E-state index is 13.7. The molecule has 0 aromatic carbocycles. The molecule has 1 amide bonds. The van der Waals surface area contributed by atoms with Crippen LogP contribution in [-0.4, -0.2) is 59.6 Å². The molecule has 0 radical (unpaired) electrons. The van der Waals surface area contributed by atoms with Gasteiger partial charge in [0.15, 0.2) is 0 Å². The number of hydrogen-bond acceptors (Lipinski definition) is 4. The molecule has 0 N–H and O–H groups in total. The summed E-state index contributed by atoms with van der Waals surface area (Å²) in [4.78, 5) is 22.8. The maximum Gasteiger partial charge on any atom is 0.229 e. The van der Waals surface area contributed by atoms with Gasteiger partial charge in [-0.2, -0.15) is 0 Å². The minimum absolute atomic E-state index is 0.00588. The summed E-state index contributed by atoms with van der Waals surface area (Å²) in [5.74, 6) is 0.223. The van der Waals surface area contributed by atoms with Crippen molar-refractivity contribution in [3.63, 3.8) is 0 Å². The first-order valence-electron chi connectivity index (χ1n) is 10.3. The summed E-state index contributed by atoms with van der Waals surface area (Å²) < 4.78 is 5.49. The van der Waals surface area contributed by atoms with E-state index in [4.69, 9.17) is 16.3 Å². The van der Waals surface area contributed by atoms with Gasteiger partial charge in [0, 0.05) is 31.9 Å². The third-order valence-electron chi connectivity index (χ3n) is 6.18. The Morgan fingerprint density at radius 3 is 2.79 bits per heavy atom. The standard InChI is InChI=1S/C22H32ClN3O2/c1-4-9-22(3)10-8-20(19-7-6-17(23)15-24-19)26(21(22)27)18(5-2)16-25-11-13-28-14-12-25/h4,6-7,15,18,20H,1,5,8-14,16H2,2-3H3/t18?,20?,22-/m0/s1. The summed E-state index contributed by atoms with van der Waals surface area (Å²) in [6.07, 6.45) is 6.93. The van der Waals surface area contributed by atoms with Crippen molar-refractivity contribution in [2.24, 2.45) is 5.41 Å². The van der Waals surface area contributed by atoms with Gasteiger partial charge in [-0.3, -0.25) is 14.7 Å². The van der Waals surface area contributed by atoms with Crippen LogP contribution in [0.15, 0.2) is 31.0 Å². The van der Waals surface area contributed by atoms with Crippen molar-refractivity contribution in [1.29, 1.82) is 0 Å². The molecule has 3 heterocycles. The van der Waals surface area contributed by atoms with Crippen molar-refractivity contribution < 1.29 is 9.53 Å². The molecular formula is C22H32ClN3O2. The van der Waals surface area contributed by atoms with Crippen LogP contribution in [0.5, 0.6) is 0 Å². The SMILES string of the molecule is C=CC[C@@]1(C)CCC(c2ccc(Cl)cn2)N(C(CC)CN2CCOCC2)C1=O. The normalized spacial score (nSPS) is 27.6. The highest BCUT2D eigenvalue weighted by atomic mass is 35.5. The van der Waals surface area contributed by atoms with Gasteiger partial charge in [0.05, 0.1) is 35.4 Å². The van der Waals surface area contributed by atoms with Crippen LogP contribution in [0.3, 0.4) is 0 Å². The zero-order valence-electron chi connectivity index (χ0n) is 17.1. The lowest BCUT2D eigenvalue weighted by Crippen LogP contribution is -2.56. The molecule has 2 unspecified atom stereocenters. The molecule has 2 saturated heterocycles. The molecule has 2 fully saturated rings. The zero-order chi connectivity index (χ0) is 20.1. The minimum Gasteiger partial charge on any atom is -0.379 e. The number of allylic oxidation sites excluding steroid dienone is 1. The van der Waals surface area contributed by atoms with Gasteiger partial charge in [-0.25, -0.2) is 0 Å². The molecule has 1 aromatic heterocycles. The molecule has 5 nitrogen and oxygen atoms in total. The molecule has 0 aliphatic carbocycles. The number of amides is 1. The fraction of sp³-hybridized carbons (Fsp3) is 0.636. The first kappa shape index (κ1) is 21.3. The van der Waals surface area contributed by atoms with E-state index in [1.807, 2.05) is 18.2 Å². The van der Waals surface area contributed by atoms with Crippen LogP contribution in [0.25, 0.3) is 0 Å². The number of nitrogens with zero attached hydrogens (tertiary/aromatic N) is 3. The number of pyridine rings is 1. The summed E-state index contributed by atoms with van der Waals surface area (Å²) in [6.45, 7) is 12.4. The third-order valence-corrected chi connectivity index (χ3v) is 6.40. The molecule has 2 aliphatic rings. The van der Waals surface area contributed by atoms with Crippen LogP contribution < -0.4 is 0 Å². The van der Waals surface area contributed by atoms with Gasteiger partial charge in [-0.15, -0.1) is 6.58 Å². The maximum absolute atomic E-state index is 13.7. The smallest absolute Gasteiger partial charge is 0.229 e. The number of piperidine rings is 1. The molecule has 28 heavy (non-hydrogen) atoms. The number of halogens is 1. The highest BCUT2D eigenvalue weighted by Gasteiger charge is 2.46. The van der Waals surface area contributed by atoms with Crippen LogP contribution >= 0.6 is 11.6 Å². The average Bonchev–Trinajstić information content (AvgIpc) is 2.70. The van der Waals surface area contributed by atoms with Crippen molar-refractivity contribution in [3.8, 4) is 0 Å². The summed E-state index contributed by atoms with van der Waals surface area (Å²) in [5.41, 5.74) is 0.544. The first-order valence-corrected chi connectivity index (χ1v) is 10.7. The average molecular weight is 406 g/mol. The second-order valence-electron chi connectivity index (χ2n) is 8.20. The first-order chi connectivity index (χ1) is 13.5. The fourth-order valence-electron chi connectivity index (χ4n) is 4.45. The van der Waals surface area contributed by atoms with E-state index in [1.165, 1.54) is 0 Å². The summed E-state index contributed by atoms with van der Waals surface area (Å²) in [5, 5.41) is 0.620. The van der Waals surface area contributed by atoms with E-state index in [-0.39, 0.29) is 23.4 Å². The van der Waals surface area contributed by atoms with Gasteiger partial charge >= 0.3 is 0 Å². The van der Waals surface area contributed by atoms with Crippen molar-refractivity contribution in [2.75, 3.05) is 32.8 Å². The Morgan fingerprint density at radius 1 is 1.43 bits per heavy atom. The van der Waals surface area contributed by atoms with E-state index in [1.54, 1.807) is 6.20 Å². The van der Waals surface area contributed by atoms with Gasteiger partial charge in [0.25, 0.3) is 0 Å². The fourth-order valence-corrected chi connectivity index (χ4v) is 4.56. The molecule has 0 bridgehead atoms. The molecule has 0 spiro atoms. The topological polar surface area (TPSA) is 45.7 Å². The van der Waals surface area contributed by atoms with Crippen molar-refractivity contribution >= 4 is 17.5 Å². The second kappa shape index (κ2) is 9.38. The largest absolute Gasteiger partial charge is 0.379 e. The number of carbonyl (C=O) groups excluding carboxylic acids is 1. The van der Waals surface area contributed by atoms with Gasteiger partial charge in [0.2, 0.25) is 5.91 Å². The van der Waals surface area contributed by atoms with Gasteiger partial charge in [-0.05, 0) is 37.8 Å². The molecule has 2 aliphatic heterocycles. The van der Waals surface area contributed by atoms with Crippen LogP contribution in [0.2, 0.25) is 5.02 Å². The van der Waals surface area contributed by atoms with E-state index in [9.17, 15) is 4.79 Å². The summed E-state index contributed by atoms with van der Waals surface area (Å²) in [7, 11) is 0. The Morgan fingerprint density at radius 2 is 2.18 bits per heavy atom. The number of carbonyl (C=O) groups is 1. The molecular weight excluding hydrogens is 374 g/mol. The van der Waals surface area contributed by atoms with E-state index in [2.05, 4.69) is 35.2 Å². The van der Waals surface area contributed by atoms with Crippen LogP contribution in [0.4, 0.5) is 0 Å². The number of aromatic nitrogens is 1. The molecule has 6 heteroatoms. The number of ether oxygens (including phenoxy) is 1. The highest BCUT2D eigenvalue weighted by Crippen LogP contribution is 2.44. The lowest BCUT2D eigenvalue weighted by atomic mass is 9.74. The van der Waals surface area contributed by atoms with Crippen molar-refractivity contribution in [1.82, 2.24) is 14.8 Å². The predicted molar refractivity (Wildman–Crippen MR) is 112 cm³/mol. The molecule has 154 valence electrons. The number of likely N-dealkylation sites (tertiary alicyclic amines) is 1. The van der Waals surface area contributed by atoms with E-state index in [0.29, 0.717) is 11.4 Å². The van der Waals surface area contributed by atoms with Gasteiger partial charge in [0.1, 0.15) is 0 Å². The Bertz CT molecular complexity index is 675. The number of hydrogen-bond donors (Lipinski definition) is 0. The Kier molecular flexibility index (Phi) is 7.13. The van der Waals surface area contributed by atoms with E-state index >= 15 is 0 Å². The van der Waals surface area contributed by atoms with Crippen molar-refractivity contribution in [3.05, 3.63) is 41.7 Å². The quantitative estimate of drug-likeness (QED) is 0.641. The minimum atomic E-state index is -0.386. The highest BCUT2D eigenvalue weighted by molar-refractivity contribution is 6.30. The lowest BCUT2D eigenvalue weighted by molar-refractivity contribution is -0.154. The Hall–Kier alpha value is -1.43. The van der Waals surface area contributed by atoms with Crippen LogP contribution in [0.1, 0.15) is 51.3 Å². The van der Waals surface area contributed by atoms with Gasteiger partial charge in [-0.1, -0.05) is 31.5 Å². The molecule has 0 saturated carbocycles. The molecule has 3 rings (SSSR count). The summed E-state index contributed by atoms with van der Waals surface area (Å²) >= 11 is 6.05. The van der Waals surface area contributed by atoms with Crippen LogP contribution in [-0.2, 0) is 9.53 Å². The van der Waals surface area contributed by atoms with E-state index < -0.39 is 0 Å². The second-order valence-corrected chi connectivity index (χ2v) is 8.63. The monoisotopic (exact) mass is 405 g/mol. The number of rotatable bonds is 7. The summed E-state index contributed by atoms with van der Waals surface area (Å²) in [6, 6.07) is 3.98. The zero-order valence-corrected chi connectivity index (χ0v) is 17.8. The Balaban J connectivity index is 1.90. The molecule has 3 atom stereocenters. The van der Waals surface area contributed by atoms with Crippen LogP contribution in [0, 0.1) is 5.41 Å². The molecule has 1 aromatic rings. The predicted octanol–water partition coefficient (Wildman–Crippen LogP) is 4.09. The van der Waals surface area contributed by atoms with Gasteiger partial charge < -0.3 is 9.64 Å². The third kappa shape index (κ3) is 4.58.